The van der Waals surface area contributed by atoms with Crippen LogP contribution in [0.5, 0.6) is 5.75 Å². The van der Waals surface area contributed by atoms with Crippen LogP contribution < -0.4 is 15.8 Å². The third-order valence-electron chi connectivity index (χ3n) is 5.41. The number of aliphatic carboxylic acids is 1. The summed E-state index contributed by atoms with van der Waals surface area (Å²) in [6.45, 7) is 2.26. The number of carboxylic acids is 1. The molecule has 4 N–H and O–H groups in total. The number of ether oxygens (including phenoxy) is 2. The molecule has 4 rings (SSSR count). The van der Waals surface area contributed by atoms with Crippen LogP contribution in [0.15, 0.2) is 29.5 Å². The Bertz CT molecular complexity index is 948. The number of methoxy groups -OCH3 is 1. The summed E-state index contributed by atoms with van der Waals surface area (Å²) in [5.74, 6) is -1.21. The van der Waals surface area contributed by atoms with E-state index in [4.69, 9.17) is 15.2 Å². The molecule has 0 spiro atoms. The van der Waals surface area contributed by atoms with Crippen LogP contribution >= 0.6 is 11.8 Å². The van der Waals surface area contributed by atoms with Gasteiger partial charge in [-0.05, 0) is 35.8 Å². The molecule has 3 heterocycles. The third-order valence-corrected chi connectivity index (χ3v) is 6.87. The van der Waals surface area contributed by atoms with Gasteiger partial charge in [0.15, 0.2) is 0 Å². The number of carbonyl (C=O) groups is 3. The number of nitrogens with one attached hydrogen (secondary N) is 1. The standard InChI is InChI=1S/C19H21N3O6S/c1-9-8-29-18-19(27-2,17(26)22(18)14(9)16(24)25)21-15(23)13(20)11-3-4-12-10(7-11)5-6-28-12/h3-4,7,13,18H,5-6,8,20H2,1-2H3,(H,21,23)(H,24,25). The first-order valence-corrected chi connectivity index (χ1v) is 10.1. The van der Waals surface area contributed by atoms with Gasteiger partial charge in [0.25, 0.3) is 11.6 Å². The Morgan fingerprint density at radius 3 is 2.93 bits per heavy atom. The highest BCUT2D eigenvalue weighted by Crippen LogP contribution is 2.46. The molecule has 1 saturated heterocycles. The summed E-state index contributed by atoms with van der Waals surface area (Å²) >= 11 is 1.33. The predicted octanol–water partition coefficient (Wildman–Crippen LogP) is 0.354. The number of hydrogen-bond donors (Lipinski definition) is 3. The molecule has 1 fully saturated rings. The number of amides is 2. The molecule has 3 aliphatic rings. The van der Waals surface area contributed by atoms with Gasteiger partial charge in [0.05, 0.1) is 6.61 Å². The first kappa shape index (κ1) is 19.7. The van der Waals surface area contributed by atoms with Crippen LogP contribution in [0.25, 0.3) is 0 Å². The second kappa shape index (κ2) is 7.05. The summed E-state index contributed by atoms with van der Waals surface area (Å²) in [7, 11) is 1.31. The third kappa shape index (κ3) is 2.90. The number of hydrogen-bond acceptors (Lipinski definition) is 7. The number of β-lactam (4-membered cyclic amide) rings is 1. The lowest BCUT2D eigenvalue weighted by molar-refractivity contribution is -0.192. The first-order valence-electron chi connectivity index (χ1n) is 9.07. The molecule has 2 amide bonds. The number of fused-ring (bicyclic) bond motifs is 2. The molecule has 10 heteroatoms. The van der Waals surface area contributed by atoms with Crippen LogP contribution in [0.3, 0.4) is 0 Å². The Hall–Kier alpha value is -2.56. The minimum Gasteiger partial charge on any atom is -0.493 e. The first-order chi connectivity index (χ1) is 13.8. The van der Waals surface area contributed by atoms with Gasteiger partial charge in [0.1, 0.15) is 22.9 Å². The van der Waals surface area contributed by atoms with Gasteiger partial charge in [-0.15, -0.1) is 11.8 Å². The van der Waals surface area contributed by atoms with Crippen LogP contribution in [0, 0.1) is 0 Å². The van der Waals surface area contributed by atoms with Gasteiger partial charge in [0, 0.05) is 19.3 Å². The molecule has 0 aromatic heterocycles. The van der Waals surface area contributed by atoms with Gasteiger partial charge in [-0.25, -0.2) is 4.79 Å². The Labute approximate surface area is 171 Å². The van der Waals surface area contributed by atoms with E-state index in [-0.39, 0.29) is 5.70 Å². The molecule has 3 atom stereocenters. The number of benzene rings is 1. The van der Waals surface area contributed by atoms with E-state index >= 15 is 0 Å². The maximum Gasteiger partial charge on any atom is 0.352 e. The van der Waals surface area contributed by atoms with E-state index in [0.717, 1.165) is 22.6 Å². The highest BCUT2D eigenvalue weighted by atomic mass is 32.2. The SMILES string of the molecule is COC1(NC(=O)C(N)c2ccc3c(c2)CCO3)C(=O)N2C(C(=O)O)=C(C)CSC21. The number of rotatable bonds is 5. The van der Waals surface area contributed by atoms with Crippen molar-refractivity contribution in [2.75, 3.05) is 19.5 Å². The predicted molar refractivity (Wildman–Crippen MR) is 104 cm³/mol. The van der Waals surface area contributed by atoms with Gasteiger partial charge in [-0.2, -0.15) is 0 Å². The van der Waals surface area contributed by atoms with Crippen molar-refractivity contribution < 1.29 is 29.0 Å². The van der Waals surface area contributed by atoms with E-state index in [1.54, 1.807) is 19.1 Å². The van der Waals surface area contributed by atoms with Crippen LogP contribution in [0.1, 0.15) is 24.1 Å². The summed E-state index contributed by atoms with van der Waals surface area (Å²) in [6.07, 6.45) is 0.745. The van der Waals surface area contributed by atoms with Crippen LogP contribution in [-0.4, -0.2) is 58.4 Å². The minimum absolute atomic E-state index is 0.0661. The minimum atomic E-state index is -1.65. The monoisotopic (exact) mass is 419 g/mol. The Morgan fingerprint density at radius 1 is 1.48 bits per heavy atom. The zero-order chi connectivity index (χ0) is 20.9. The highest BCUT2D eigenvalue weighted by Gasteiger charge is 2.66. The molecule has 0 aliphatic carbocycles. The fourth-order valence-corrected chi connectivity index (χ4v) is 5.23. The normalized spacial score (nSPS) is 26.2. The number of carboxylic acid groups (broad SMARTS) is 1. The topological polar surface area (TPSA) is 131 Å². The highest BCUT2D eigenvalue weighted by molar-refractivity contribution is 8.00. The van der Waals surface area contributed by atoms with Gasteiger partial charge >= 0.3 is 5.97 Å². The molecule has 29 heavy (non-hydrogen) atoms. The lowest BCUT2D eigenvalue weighted by Crippen LogP contribution is -2.81. The summed E-state index contributed by atoms with van der Waals surface area (Å²) in [4.78, 5) is 38.5. The van der Waals surface area contributed by atoms with Gasteiger partial charge in [-0.3, -0.25) is 14.5 Å². The lowest BCUT2D eigenvalue weighted by Gasteiger charge is -2.55. The molecule has 0 saturated carbocycles. The second-order valence-electron chi connectivity index (χ2n) is 7.14. The van der Waals surface area contributed by atoms with Crippen molar-refractivity contribution in [3.8, 4) is 5.75 Å². The molecule has 1 aromatic rings. The lowest BCUT2D eigenvalue weighted by atomic mass is 9.96. The van der Waals surface area contributed by atoms with Gasteiger partial charge in [-0.1, -0.05) is 6.07 Å². The molecule has 0 radical (unpaired) electrons. The molecular weight excluding hydrogens is 398 g/mol. The Balaban J connectivity index is 1.56. The van der Waals surface area contributed by atoms with Crippen LogP contribution in [-0.2, 0) is 25.5 Å². The van der Waals surface area contributed by atoms with E-state index in [1.165, 1.54) is 18.9 Å². The maximum absolute atomic E-state index is 12.9. The van der Waals surface area contributed by atoms with Crippen LogP contribution in [0.2, 0.25) is 0 Å². The number of carbonyl (C=O) groups excluding carboxylic acids is 2. The molecule has 3 unspecified atom stereocenters. The zero-order valence-electron chi connectivity index (χ0n) is 15.9. The molecule has 0 bridgehead atoms. The van der Waals surface area contributed by atoms with E-state index in [0.29, 0.717) is 23.5 Å². The van der Waals surface area contributed by atoms with Crippen molar-refractivity contribution in [2.24, 2.45) is 5.73 Å². The number of thioether (sulfide) groups is 1. The number of nitrogens with two attached hydrogens (primary N) is 1. The van der Waals surface area contributed by atoms with Gasteiger partial charge in [0.2, 0.25) is 5.91 Å². The molecule has 154 valence electrons. The fraction of sp³-hybridized carbons (Fsp3) is 0.421. The second-order valence-corrected chi connectivity index (χ2v) is 8.21. The Kier molecular flexibility index (Phi) is 4.80. The van der Waals surface area contributed by atoms with Crippen molar-refractivity contribution in [3.05, 3.63) is 40.6 Å². The average molecular weight is 419 g/mol. The smallest absolute Gasteiger partial charge is 0.352 e. The maximum atomic E-state index is 12.9. The van der Waals surface area contributed by atoms with Crippen molar-refractivity contribution >= 4 is 29.5 Å². The van der Waals surface area contributed by atoms with Crippen molar-refractivity contribution in [1.82, 2.24) is 10.2 Å². The fourth-order valence-electron chi connectivity index (χ4n) is 3.85. The molecular formula is C19H21N3O6S. The van der Waals surface area contributed by atoms with Gasteiger partial charge < -0.3 is 25.6 Å². The Morgan fingerprint density at radius 2 is 2.24 bits per heavy atom. The molecule has 9 nitrogen and oxygen atoms in total. The van der Waals surface area contributed by atoms with E-state index in [1.807, 2.05) is 6.07 Å². The van der Waals surface area contributed by atoms with Crippen molar-refractivity contribution in [1.29, 1.82) is 0 Å². The van der Waals surface area contributed by atoms with Crippen LogP contribution in [0.4, 0.5) is 0 Å². The van der Waals surface area contributed by atoms with Crippen molar-refractivity contribution in [2.45, 2.75) is 30.5 Å². The van der Waals surface area contributed by atoms with E-state index in [9.17, 15) is 19.5 Å². The average Bonchev–Trinajstić information content (AvgIpc) is 3.18. The number of nitrogens with zero attached hydrogens (tertiary/aromatic N) is 1. The quantitative estimate of drug-likeness (QED) is 0.460. The summed E-state index contributed by atoms with van der Waals surface area (Å²) < 4.78 is 10.9. The zero-order valence-corrected chi connectivity index (χ0v) is 16.7. The molecule has 3 aliphatic heterocycles. The van der Waals surface area contributed by atoms with E-state index in [2.05, 4.69) is 5.32 Å². The largest absolute Gasteiger partial charge is 0.493 e. The summed E-state index contributed by atoms with van der Waals surface area (Å²) in [6, 6.07) is 4.30. The molecule has 1 aromatic carbocycles. The van der Waals surface area contributed by atoms with E-state index < -0.39 is 34.9 Å². The van der Waals surface area contributed by atoms with Crippen molar-refractivity contribution in [3.63, 3.8) is 0 Å². The summed E-state index contributed by atoms with van der Waals surface area (Å²) in [5.41, 5.74) is 6.58. The summed E-state index contributed by atoms with van der Waals surface area (Å²) in [5, 5.41) is 11.4.